The topological polar surface area (TPSA) is 77.9 Å². The standard InChI is InChI=1S/C14H16ClN3O2S2/c1-8(9(2)22(3)20)12(19)18-14-11(15)17-13(21-14)10-5-4-6-16-7-10/h4-9H,1-3H3,(H,18,19). The SMILES string of the molecule is CC(C(=O)Nc1sc(-c2cccnc2)nc1Cl)C(C)[S+](C)[O-]. The molecule has 0 spiro atoms. The van der Waals surface area contributed by atoms with E-state index < -0.39 is 11.2 Å². The van der Waals surface area contributed by atoms with Gasteiger partial charge >= 0.3 is 0 Å². The van der Waals surface area contributed by atoms with Crippen LogP contribution in [0, 0.1) is 5.92 Å². The van der Waals surface area contributed by atoms with Crippen molar-refractivity contribution in [2.45, 2.75) is 19.1 Å². The Morgan fingerprint density at radius 1 is 1.50 bits per heavy atom. The summed E-state index contributed by atoms with van der Waals surface area (Å²) in [5.41, 5.74) is 0.839. The van der Waals surface area contributed by atoms with Crippen molar-refractivity contribution in [3.63, 3.8) is 0 Å². The lowest BCUT2D eigenvalue weighted by molar-refractivity contribution is -0.119. The zero-order chi connectivity index (χ0) is 16.3. The Balaban J connectivity index is 2.14. The average Bonchev–Trinajstić information content (AvgIpc) is 2.87. The van der Waals surface area contributed by atoms with Crippen LogP contribution in [0.2, 0.25) is 5.15 Å². The first kappa shape index (κ1) is 17.2. The first-order valence-corrected chi connectivity index (χ1v) is 9.41. The van der Waals surface area contributed by atoms with Crippen LogP contribution in [0.4, 0.5) is 5.00 Å². The molecule has 0 saturated heterocycles. The van der Waals surface area contributed by atoms with E-state index in [4.69, 9.17) is 11.6 Å². The molecule has 0 saturated carbocycles. The Bertz CT molecular complexity index is 649. The molecular weight excluding hydrogens is 342 g/mol. The number of thiazole rings is 1. The average molecular weight is 358 g/mol. The molecule has 8 heteroatoms. The van der Waals surface area contributed by atoms with Gasteiger partial charge in [0.1, 0.15) is 15.3 Å². The second kappa shape index (κ2) is 7.41. The Labute approximate surface area is 141 Å². The van der Waals surface area contributed by atoms with Crippen LogP contribution in [-0.2, 0) is 16.0 Å². The van der Waals surface area contributed by atoms with Gasteiger partial charge in [0.25, 0.3) is 0 Å². The Morgan fingerprint density at radius 3 is 2.82 bits per heavy atom. The lowest BCUT2D eigenvalue weighted by Crippen LogP contribution is -2.33. The van der Waals surface area contributed by atoms with E-state index in [0.29, 0.717) is 10.0 Å². The molecule has 22 heavy (non-hydrogen) atoms. The fourth-order valence-electron chi connectivity index (χ4n) is 1.72. The molecule has 0 aliphatic heterocycles. The van der Waals surface area contributed by atoms with Crippen LogP contribution in [0.1, 0.15) is 13.8 Å². The summed E-state index contributed by atoms with van der Waals surface area (Å²) in [6.45, 7) is 3.54. The maximum atomic E-state index is 12.2. The molecule has 0 bridgehead atoms. The number of carbonyl (C=O) groups excluding carboxylic acids is 1. The van der Waals surface area contributed by atoms with Crippen LogP contribution in [-0.4, -0.2) is 31.9 Å². The molecule has 1 N–H and O–H groups in total. The van der Waals surface area contributed by atoms with Crippen LogP contribution in [0.3, 0.4) is 0 Å². The van der Waals surface area contributed by atoms with Gasteiger partial charge in [-0.2, -0.15) is 0 Å². The summed E-state index contributed by atoms with van der Waals surface area (Å²) in [5.74, 6) is -0.600. The van der Waals surface area contributed by atoms with Crippen LogP contribution < -0.4 is 5.32 Å². The number of nitrogens with one attached hydrogen (secondary N) is 1. The molecule has 2 aromatic heterocycles. The molecule has 3 atom stereocenters. The van der Waals surface area contributed by atoms with E-state index in [1.807, 2.05) is 12.1 Å². The van der Waals surface area contributed by atoms with Crippen molar-refractivity contribution in [2.75, 3.05) is 11.6 Å². The molecule has 0 fully saturated rings. The van der Waals surface area contributed by atoms with Crippen molar-refractivity contribution in [3.8, 4) is 10.6 Å². The van der Waals surface area contributed by atoms with E-state index >= 15 is 0 Å². The first-order valence-electron chi connectivity index (χ1n) is 6.60. The lowest BCUT2D eigenvalue weighted by atomic mass is 10.1. The van der Waals surface area contributed by atoms with Crippen molar-refractivity contribution in [1.82, 2.24) is 9.97 Å². The van der Waals surface area contributed by atoms with Crippen molar-refractivity contribution in [3.05, 3.63) is 29.7 Å². The number of rotatable bonds is 5. The van der Waals surface area contributed by atoms with Gasteiger partial charge in [-0.1, -0.05) is 34.1 Å². The number of anilines is 1. The van der Waals surface area contributed by atoms with Gasteiger partial charge in [0, 0.05) is 18.0 Å². The summed E-state index contributed by atoms with van der Waals surface area (Å²) in [6, 6.07) is 3.68. The van der Waals surface area contributed by atoms with Crippen LogP contribution >= 0.6 is 22.9 Å². The molecule has 0 aromatic carbocycles. The minimum atomic E-state index is -1.06. The molecule has 5 nitrogen and oxygen atoms in total. The summed E-state index contributed by atoms with van der Waals surface area (Å²) in [4.78, 5) is 20.5. The van der Waals surface area contributed by atoms with Crippen LogP contribution in [0.25, 0.3) is 10.6 Å². The van der Waals surface area contributed by atoms with Crippen molar-refractivity contribution in [1.29, 1.82) is 0 Å². The normalized spacial score (nSPS) is 15.1. The highest BCUT2D eigenvalue weighted by atomic mass is 35.5. The minimum Gasteiger partial charge on any atom is -0.616 e. The van der Waals surface area contributed by atoms with Crippen molar-refractivity contribution >= 4 is 45.0 Å². The zero-order valence-corrected chi connectivity index (χ0v) is 14.8. The second-order valence-corrected chi connectivity index (χ2v) is 7.96. The number of hydrogen-bond acceptors (Lipinski definition) is 5. The van der Waals surface area contributed by atoms with E-state index in [2.05, 4.69) is 15.3 Å². The van der Waals surface area contributed by atoms with E-state index in [9.17, 15) is 9.35 Å². The van der Waals surface area contributed by atoms with Gasteiger partial charge in [-0.25, -0.2) is 4.98 Å². The monoisotopic (exact) mass is 357 g/mol. The van der Waals surface area contributed by atoms with Gasteiger partial charge in [0.15, 0.2) is 5.15 Å². The summed E-state index contributed by atoms with van der Waals surface area (Å²) < 4.78 is 11.5. The summed E-state index contributed by atoms with van der Waals surface area (Å²) in [6.07, 6.45) is 4.95. The van der Waals surface area contributed by atoms with Gasteiger partial charge < -0.3 is 9.87 Å². The predicted octanol–water partition coefficient (Wildman–Crippen LogP) is 3.20. The highest BCUT2D eigenvalue weighted by Gasteiger charge is 2.28. The number of carbonyl (C=O) groups is 1. The number of aromatic nitrogens is 2. The molecule has 118 valence electrons. The molecule has 1 amide bonds. The van der Waals surface area contributed by atoms with Gasteiger partial charge in [-0.15, -0.1) is 0 Å². The fraction of sp³-hybridized carbons (Fsp3) is 0.357. The maximum absolute atomic E-state index is 12.2. The van der Waals surface area contributed by atoms with Crippen molar-refractivity contribution in [2.24, 2.45) is 5.92 Å². The molecular formula is C14H16ClN3O2S2. The third-order valence-electron chi connectivity index (χ3n) is 3.37. The van der Waals surface area contributed by atoms with Crippen LogP contribution in [0.15, 0.2) is 24.5 Å². The smallest absolute Gasteiger partial charge is 0.232 e. The Kier molecular flexibility index (Phi) is 5.80. The number of halogens is 1. The maximum Gasteiger partial charge on any atom is 0.232 e. The van der Waals surface area contributed by atoms with Gasteiger partial charge in [-0.3, -0.25) is 9.78 Å². The summed E-state index contributed by atoms with van der Waals surface area (Å²) >= 11 is 6.31. The number of hydrogen-bond donors (Lipinski definition) is 1. The molecule has 3 unspecified atom stereocenters. The molecule has 0 aliphatic rings. The van der Waals surface area contributed by atoms with Crippen LogP contribution in [0.5, 0.6) is 0 Å². The van der Waals surface area contributed by atoms with E-state index in [0.717, 1.165) is 5.56 Å². The lowest BCUT2D eigenvalue weighted by Gasteiger charge is -2.19. The van der Waals surface area contributed by atoms with Gasteiger partial charge in [0.05, 0.1) is 12.2 Å². The van der Waals surface area contributed by atoms with Crippen molar-refractivity contribution < 1.29 is 9.35 Å². The third-order valence-corrected chi connectivity index (χ3v) is 6.23. The van der Waals surface area contributed by atoms with Gasteiger partial charge in [-0.05, 0) is 26.0 Å². The third kappa shape index (κ3) is 3.98. The first-order chi connectivity index (χ1) is 10.4. The molecule has 0 aliphatic carbocycles. The van der Waals surface area contributed by atoms with E-state index in [1.165, 1.54) is 11.3 Å². The van der Waals surface area contributed by atoms with Gasteiger partial charge in [0.2, 0.25) is 5.91 Å². The fourth-order valence-corrected chi connectivity index (χ4v) is 3.56. The second-order valence-electron chi connectivity index (χ2n) is 4.86. The number of pyridine rings is 1. The quantitative estimate of drug-likeness (QED) is 0.833. The predicted molar refractivity (Wildman–Crippen MR) is 91.7 cm³/mol. The summed E-state index contributed by atoms with van der Waals surface area (Å²) in [7, 11) is 0. The highest BCUT2D eigenvalue weighted by Crippen LogP contribution is 2.35. The zero-order valence-electron chi connectivity index (χ0n) is 12.4. The molecule has 2 rings (SSSR count). The summed E-state index contributed by atoms with van der Waals surface area (Å²) in [5, 5.41) is 3.96. The Morgan fingerprint density at radius 2 is 2.23 bits per heavy atom. The molecule has 2 heterocycles. The number of amides is 1. The molecule has 0 radical (unpaired) electrons. The highest BCUT2D eigenvalue weighted by molar-refractivity contribution is 7.91. The minimum absolute atomic E-state index is 0.217. The Hall–Kier alpha value is -1.15. The largest absolute Gasteiger partial charge is 0.616 e. The van der Waals surface area contributed by atoms with E-state index in [-0.39, 0.29) is 22.2 Å². The van der Waals surface area contributed by atoms with E-state index in [1.54, 1.807) is 32.5 Å². The number of nitrogens with zero attached hydrogens (tertiary/aromatic N) is 2. The molecule has 2 aromatic rings.